The molecule has 0 aromatic carbocycles. The van der Waals surface area contributed by atoms with Crippen molar-refractivity contribution < 1.29 is 29.1 Å². The largest absolute Gasteiger partial charge is 6.00 e. The van der Waals surface area contributed by atoms with Crippen LogP contribution in [0, 0.1) is 11.8 Å². The SMILES string of the molecule is CCC(C)C([N-]C(C)(C)CC)[N-]C(C)(C)CC.CCC(C)C([N-]C(C)(C)CC)[N-]C(C)(C)CC.[CH-]=O.[CH-]=O.[Ru+6]. The molecule has 0 spiro atoms. The number of hydrogen-bond acceptors (Lipinski definition) is 2. The summed E-state index contributed by atoms with van der Waals surface area (Å²) in [5, 5.41) is 19.9. The molecule has 39 heavy (non-hydrogen) atoms. The topological polar surface area (TPSA) is 90.5 Å². The van der Waals surface area contributed by atoms with E-state index in [1.54, 1.807) is 0 Å². The summed E-state index contributed by atoms with van der Waals surface area (Å²) in [4.78, 5) is 15.5. The van der Waals surface area contributed by atoms with Gasteiger partial charge in [-0.2, -0.15) is 0 Å². The van der Waals surface area contributed by atoms with Crippen molar-refractivity contribution >= 4 is 13.6 Å². The first-order valence-electron chi connectivity index (χ1n) is 14.7. The maximum Gasteiger partial charge on any atom is 6.00 e. The molecule has 7 heteroatoms. The fourth-order valence-electron chi connectivity index (χ4n) is 2.79. The van der Waals surface area contributed by atoms with Gasteiger partial charge in [-0.3, -0.25) is 13.6 Å². The Hall–Kier alpha value is -0.197. The van der Waals surface area contributed by atoms with Crippen molar-refractivity contribution in [1.29, 1.82) is 0 Å². The fourth-order valence-corrected chi connectivity index (χ4v) is 2.79. The molecular formula is C32H66N4O2Ru. The van der Waals surface area contributed by atoms with Gasteiger partial charge in [0.25, 0.3) is 0 Å². The molecule has 0 saturated carbocycles. The molecule has 2 atom stereocenters. The summed E-state index contributed by atoms with van der Waals surface area (Å²) in [5.41, 5.74) is 0.172. The molecule has 0 saturated heterocycles. The third-order valence-corrected chi connectivity index (χ3v) is 7.69. The van der Waals surface area contributed by atoms with E-state index in [1.807, 2.05) is 0 Å². The maximum absolute atomic E-state index is 7.75. The van der Waals surface area contributed by atoms with Crippen molar-refractivity contribution in [3.63, 3.8) is 0 Å². The summed E-state index contributed by atoms with van der Waals surface area (Å²) in [5.74, 6) is 1.07. The summed E-state index contributed by atoms with van der Waals surface area (Å²) in [6.45, 7) is 41.9. The van der Waals surface area contributed by atoms with Crippen LogP contribution < -0.4 is 0 Å². The Balaban J connectivity index is -0.000000171. The smallest absolute Gasteiger partial charge is 0.673 e. The predicted molar refractivity (Wildman–Crippen MR) is 171 cm³/mol. The zero-order valence-corrected chi connectivity index (χ0v) is 30.4. The van der Waals surface area contributed by atoms with Crippen LogP contribution in [0.25, 0.3) is 21.3 Å². The first-order chi connectivity index (χ1) is 17.3. The monoisotopic (exact) mass is 640 g/mol. The molecule has 234 valence electrons. The van der Waals surface area contributed by atoms with Crippen LogP contribution in [0.15, 0.2) is 0 Å². The van der Waals surface area contributed by atoms with Gasteiger partial charge in [-0.25, -0.2) is 12.3 Å². The average molecular weight is 640 g/mol. The van der Waals surface area contributed by atoms with E-state index in [9.17, 15) is 0 Å². The van der Waals surface area contributed by atoms with E-state index >= 15 is 0 Å². The van der Waals surface area contributed by atoms with Gasteiger partial charge in [0.15, 0.2) is 0 Å². The predicted octanol–water partition coefficient (Wildman–Crippen LogP) is 10.4. The van der Waals surface area contributed by atoms with Crippen molar-refractivity contribution in [3.05, 3.63) is 21.3 Å². The second-order valence-electron chi connectivity index (χ2n) is 12.8. The fraction of sp³-hybridized carbons (Fsp3) is 0.938. The van der Waals surface area contributed by atoms with E-state index in [0.717, 1.165) is 38.5 Å². The minimum Gasteiger partial charge on any atom is -0.673 e. The van der Waals surface area contributed by atoms with Crippen LogP contribution in [-0.4, -0.2) is 48.1 Å². The van der Waals surface area contributed by atoms with Crippen molar-refractivity contribution in [2.75, 3.05) is 0 Å². The van der Waals surface area contributed by atoms with Crippen LogP contribution in [0.4, 0.5) is 0 Å². The van der Waals surface area contributed by atoms with Crippen molar-refractivity contribution in [1.82, 2.24) is 0 Å². The van der Waals surface area contributed by atoms with Crippen LogP contribution in [0.1, 0.15) is 149 Å². The first kappa shape index (κ1) is 48.5. The van der Waals surface area contributed by atoms with Gasteiger partial charge in [0.1, 0.15) is 0 Å². The van der Waals surface area contributed by atoms with Gasteiger partial charge in [-0.15, -0.1) is 22.2 Å². The van der Waals surface area contributed by atoms with Crippen LogP contribution in [0.5, 0.6) is 0 Å². The van der Waals surface area contributed by atoms with Crippen LogP contribution in [0.3, 0.4) is 0 Å². The Morgan fingerprint density at radius 1 is 0.462 bits per heavy atom. The van der Waals surface area contributed by atoms with E-state index in [1.165, 1.54) is 0 Å². The minimum atomic E-state index is 0. The Kier molecular flexibility index (Phi) is 30.4. The van der Waals surface area contributed by atoms with Crippen molar-refractivity contribution in [2.24, 2.45) is 11.8 Å². The second kappa shape index (κ2) is 24.4. The molecule has 0 rings (SSSR count). The Bertz CT molecular complexity index is 472. The summed E-state index contributed by atoms with van der Waals surface area (Å²) < 4.78 is 0. The number of hydrogen-bond donors (Lipinski definition) is 0. The Morgan fingerprint density at radius 2 is 0.615 bits per heavy atom. The molecule has 0 N–H and O–H groups in total. The minimum absolute atomic E-state index is 0. The third kappa shape index (κ3) is 25.3. The van der Waals surface area contributed by atoms with Gasteiger partial charge in [-0.1, -0.05) is 161 Å². The number of rotatable bonds is 16. The van der Waals surface area contributed by atoms with Crippen LogP contribution in [-0.2, 0) is 29.1 Å². The van der Waals surface area contributed by atoms with Gasteiger partial charge >= 0.3 is 19.5 Å². The van der Waals surface area contributed by atoms with E-state index in [-0.39, 0.29) is 54.0 Å². The van der Waals surface area contributed by atoms with Crippen LogP contribution >= 0.6 is 0 Å². The molecule has 6 nitrogen and oxygen atoms in total. The summed E-state index contributed by atoms with van der Waals surface area (Å²) in [6, 6.07) is 0. The Labute approximate surface area is 258 Å². The molecule has 0 fully saturated rings. The molecule has 0 aromatic heterocycles. The van der Waals surface area contributed by atoms with Crippen molar-refractivity contribution in [2.45, 2.75) is 184 Å². The molecule has 0 amide bonds. The molecule has 0 heterocycles. The zero-order chi connectivity index (χ0) is 31.4. The summed E-state index contributed by atoms with van der Waals surface area (Å²) in [6.07, 6.45) is 6.84. The van der Waals surface area contributed by atoms with E-state index in [2.05, 4.69) is 124 Å². The van der Waals surface area contributed by atoms with Gasteiger partial charge in [0, 0.05) is 0 Å². The normalized spacial score (nSPS) is 13.6. The number of carbonyl (C=O) groups excluding carboxylic acids is 2. The third-order valence-electron chi connectivity index (χ3n) is 7.69. The first-order valence-corrected chi connectivity index (χ1v) is 14.7. The molecule has 2 unspecified atom stereocenters. The molecular weight excluding hydrogens is 573 g/mol. The van der Waals surface area contributed by atoms with Gasteiger partial charge in [0.05, 0.1) is 0 Å². The van der Waals surface area contributed by atoms with Gasteiger partial charge in [-0.05, 0) is 0 Å². The van der Waals surface area contributed by atoms with Crippen LogP contribution in [0.2, 0.25) is 0 Å². The molecule has 0 aromatic rings. The second-order valence-corrected chi connectivity index (χ2v) is 12.8. The molecule has 0 aliphatic carbocycles. The maximum atomic E-state index is 7.75. The van der Waals surface area contributed by atoms with Crippen molar-refractivity contribution in [3.8, 4) is 0 Å². The summed E-state index contributed by atoms with van der Waals surface area (Å²) in [7, 11) is 0. The van der Waals surface area contributed by atoms with E-state index < -0.39 is 0 Å². The zero-order valence-electron chi connectivity index (χ0n) is 28.7. The Morgan fingerprint density at radius 3 is 0.718 bits per heavy atom. The molecule has 0 aliphatic rings. The van der Waals surface area contributed by atoms with E-state index in [4.69, 9.17) is 30.9 Å². The standard InChI is InChI=1S/2C15H32N2.2CHO.Ru/c2*1-9-12(4)13(16-14(5,6)10-2)17-15(7,8)11-3;2*1-2;/h2*12-13H,9-11H2,1-8H3;2*1H;/q2*-2;2*-1;+6. The molecule has 0 radical (unpaired) electrons. The summed E-state index contributed by atoms with van der Waals surface area (Å²) >= 11 is 0. The molecule has 0 aliphatic heterocycles. The van der Waals surface area contributed by atoms with Gasteiger partial charge < -0.3 is 30.9 Å². The quantitative estimate of drug-likeness (QED) is 0.0955. The molecule has 0 bridgehead atoms. The average Bonchev–Trinajstić information content (AvgIpc) is 2.89. The van der Waals surface area contributed by atoms with E-state index in [0.29, 0.717) is 11.8 Å². The van der Waals surface area contributed by atoms with Gasteiger partial charge in [0.2, 0.25) is 0 Å². The number of nitrogens with zero attached hydrogens (tertiary/aromatic N) is 4.